The Morgan fingerprint density at radius 1 is 1.39 bits per heavy atom. The van der Waals surface area contributed by atoms with Crippen LogP contribution < -0.4 is 10.2 Å². The van der Waals surface area contributed by atoms with E-state index in [9.17, 15) is 9.90 Å². The number of likely N-dealkylation sites (tertiary alicyclic amines) is 1. The van der Waals surface area contributed by atoms with Crippen molar-refractivity contribution in [3.63, 3.8) is 0 Å². The number of aliphatic imine (C=N–C) groups is 1. The lowest BCUT2D eigenvalue weighted by Gasteiger charge is -2.21. The number of fused-ring (bicyclic) bond motifs is 1. The van der Waals surface area contributed by atoms with Crippen LogP contribution in [-0.2, 0) is 11.2 Å². The number of hydrogen-bond acceptors (Lipinski definition) is 3. The first-order valence-electron chi connectivity index (χ1n) is 8.28. The molecule has 1 aromatic rings. The monoisotopic (exact) mass is 316 g/mol. The van der Waals surface area contributed by atoms with E-state index in [0.717, 1.165) is 38.2 Å². The number of anilines is 1. The van der Waals surface area contributed by atoms with Crippen molar-refractivity contribution in [3.05, 3.63) is 29.8 Å². The average Bonchev–Trinajstić information content (AvgIpc) is 3.17. The van der Waals surface area contributed by atoms with Crippen molar-refractivity contribution in [1.29, 1.82) is 0 Å². The van der Waals surface area contributed by atoms with Crippen molar-refractivity contribution in [2.24, 2.45) is 4.99 Å². The molecular formula is C17H24N4O2. The van der Waals surface area contributed by atoms with Gasteiger partial charge in [0.2, 0.25) is 5.91 Å². The van der Waals surface area contributed by atoms with Gasteiger partial charge in [-0.3, -0.25) is 4.79 Å². The number of para-hydroxylation sites is 1. The molecule has 1 amide bonds. The lowest BCUT2D eigenvalue weighted by atomic mass is 10.2. The van der Waals surface area contributed by atoms with E-state index in [1.807, 2.05) is 34.9 Å². The zero-order valence-electron chi connectivity index (χ0n) is 13.5. The molecule has 0 saturated carbocycles. The first-order valence-corrected chi connectivity index (χ1v) is 8.28. The molecule has 2 aliphatic rings. The van der Waals surface area contributed by atoms with Gasteiger partial charge in [-0.25, -0.2) is 4.99 Å². The fourth-order valence-electron chi connectivity index (χ4n) is 3.19. The predicted molar refractivity (Wildman–Crippen MR) is 90.7 cm³/mol. The van der Waals surface area contributed by atoms with Gasteiger partial charge in [-0.05, 0) is 31.4 Å². The third-order valence-electron chi connectivity index (χ3n) is 4.35. The van der Waals surface area contributed by atoms with E-state index in [1.165, 1.54) is 5.56 Å². The van der Waals surface area contributed by atoms with Gasteiger partial charge in [-0.1, -0.05) is 18.2 Å². The van der Waals surface area contributed by atoms with Crippen LogP contribution in [0.15, 0.2) is 29.3 Å². The molecular weight excluding hydrogens is 292 g/mol. The van der Waals surface area contributed by atoms with Crippen LogP contribution in [-0.4, -0.2) is 60.7 Å². The molecule has 3 rings (SSSR count). The van der Waals surface area contributed by atoms with E-state index in [2.05, 4.69) is 16.4 Å². The van der Waals surface area contributed by atoms with E-state index in [1.54, 1.807) is 0 Å². The van der Waals surface area contributed by atoms with Crippen molar-refractivity contribution in [2.75, 3.05) is 37.6 Å². The van der Waals surface area contributed by atoms with Crippen molar-refractivity contribution < 1.29 is 9.90 Å². The molecule has 1 fully saturated rings. The first-order chi connectivity index (χ1) is 11.2. The minimum Gasteiger partial charge on any atom is -0.391 e. The van der Waals surface area contributed by atoms with Crippen LogP contribution in [0, 0.1) is 0 Å². The van der Waals surface area contributed by atoms with Gasteiger partial charge in [0.05, 0.1) is 6.10 Å². The fraction of sp³-hybridized carbons (Fsp3) is 0.529. The van der Waals surface area contributed by atoms with E-state index in [4.69, 9.17) is 0 Å². The third-order valence-corrected chi connectivity index (χ3v) is 4.35. The van der Waals surface area contributed by atoms with Gasteiger partial charge in [0.15, 0.2) is 5.96 Å². The molecule has 1 saturated heterocycles. The molecule has 6 nitrogen and oxygen atoms in total. The van der Waals surface area contributed by atoms with Gasteiger partial charge in [0, 0.05) is 31.9 Å². The molecule has 0 aliphatic carbocycles. The summed E-state index contributed by atoms with van der Waals surface area (Å²) in [7, 11) is 0. The lowest BCUT2D eigenvalue weighted by Crippen LogP contribution is -2.41. The number of carbonyl (C=O) groups is 1. The Morgan fingerprint density at radius 3 is 2.96 bits per heavy atom. The Bertz CT molecular complexity index is 602. The number of nitrogens with zero attached hydrogens (tertiary/aromatic N) is 3. The minimum atomic E-state index is -0.306. The standard InChI is InChI=1S/C17H24N4O2/c1-2-18-17(20-9-8-14(22)12-20)19-11-16(23)21-10-7-13-5-3-4-6-15(13)21/h3-6,14,22H,2,7-12H2,1H3,(H,18,19)/t14-/m1/s1. The molecule has 0 unspecified atom stereocenters. The highest BCUT2D eigenvalue weighted by Gasteiger charge is 2.25. The summed E-state index contributed by atoms with van der Waals surface area (Å²) < 4.78 is 0. The first kappa shape index (κ1) is 15.8. The maximum absolute atomic E-state index is 12.5. The van der Waals surface area contributed by atoms with Crippen molar-refractivity contribution >= 4 is 17.6 Å². The number of amides is 1. The summed E-state index contributed by atoms with van der Waals surface area (Å²) in [5, 5.41) is 12.9. The van der Waals surface area contributed by atoms with Gasteiger partial charge in [0.1, 0.15) is 6.54 Å². The summed E-state index contributed by atoms with van der Waals surface area (Å²) in [6.45, 7) is 4.95. The SMILES string of the molecule is CCNC(=NCC(=O)N1CCc2ccccc21)N1CC[C@@H](O)C1. The second-order valence-electron chi connectivity index (χ2n) is 5.98. The van der Waals surface area contributed by atoms with Crippen LogP contribution in [0.25, 0.3) is 0 Å². The summed E-state index contributed by atoms with van der Waals surface area (Å²) >= 11 is 0. The van der Waals surface area contributed by atoms with Gasteiger partial charge < -0.3 is 20.2 Å². The number of β-amino-alcohol motifs (C(OH)–C–C–N with tert-alkyl or cyclic N) is 1. The highest BCUT2D eigenvalue weighted by atomic mass is 16.3. The number of nitrogens with one attached hydrogen (secondary N) is 1. The molecule has 0 bridgehead atoms. The Labute approximate surface area is 136 Å². The molecule has 23 heavy (non-hydrogen) atoms. The number of benzene rings is 1. The highest BCUT2D eigenvalue weighted by Crippen LogP contribution is 2.27. The number of rotatable bonds is 3. The Hall–Kier alpha value is -2.08. The van der Waals surface area contributed by atoms with E-state index in [-0.39, 0.29) is 18.6 Å². The average molecular weight is 316 g/mol. The zero-order chi connectivity index (χ0) is 16.2. The normalized spacial score (nSPS) is 20.8. The number of carbonyl (C=O) groups excluding carboxylic acids is 1. The molecule has 1 atom stereocenters. The molecule has 2 heterocycles. The number of aliphatic hydroxyl groups is 1. The van der Waals surface area contributed by atoms with E-state index >= 15 is 0 Å². The molecule has 2 aliphatic heterocycles. The van der Waals surface area contributed by atoms with Crippen LogP contribution in [0.4, 0.5) is 5.69 Å². The van der Waals surface area contributed by atoms with Crippen molar-refractivity contribution in [2.45, 2.75) is 25.9 Å². The summed E-state index contributed by atoms with van der Waals surface area (Å²) in [5.74, 6) is 0.731. The van der Waals surface area contributed by atoms with Gasteiger partial charge in [-0.15, -0.1) is 0 Å². The largest absolute Gasteiger partial charge is 0.391 e. The second-order valence-corrected chi connectivity index (χ2v) is 5.98. The van der Waals surface area contributed by atoms with Crippen LogP contribution in [0.5, 0.6) is 0 Å². The molecule has 0 spiro atoms. The van der Waals surface area contributed by atoms with Gasteiger partial charge >= 0.3 is 0 Å². The van der Waals surface area contributed by atoms with Gasteiger partial charge in [0.25, 0.3) is 0 Å². The van der Waals surface area contributed by atoms with Crippen LogP contribution in [0.1, 0.15) is 18.9 Å². The summed E-state index contributed by atoms with van der Waals surface area (Å²) in [6.07, 6.45) is 1.35. The molecule has 0 radical (unpaired) electrons. The number of aliphatic hydroxyl groups excluding tert-OH is 1. The quantitative estimate of drug-likeness (QED) is 0.633. The third kappa shape index (κ3) is 3.47. The molecule has 1 aromatic carbocycles. The van der Waals surface area contributed by atoms with Crippen molar-refractivity contribution in [3.8, 4) is 0 Å². The Kier molecular flexibility index (Phi) is 4.81. The lowest BCUT2D eigenvalue weighted by molar-refractivity contribution is -0.117. The number of hydrogen-bond donors (Lipinski definition) is 2. The maximum atomic E-state index is 12.5. The van der Waals surface area contributed by atoms with Crippen LogP contribution in [0.3, 0.4) is 0 Å². The number of guanidine groups is 1. The van der Waals surface area contributed by atoms with E-state index in [0.29, 0.717) is 12.5 Å². The summed E-state index contributed by atoms with van der Waals surface area (Å²) in [5.41, 5.74) is 2.23. The van der Waals surface area contributed by atoms with Gasteiger partial charge in [-0.2, -0.15) is 0 Å². The molecule has 2 N–H and O–H groups in total. The smallest absolute Gasteiger partial charge is 0.248 e. The van der Waals surface area contributed by atoms with Crippen molar-refractivity contribution in [1.82, 2.24) is 10.2 Å². The second kappa shape index (κ2) is 7.00. The molecule has 0 aromatic heterocycles. The minimum absolute atomic E-state index is 0.0186. The van der Waals surface area contributed by atoms with Crippen LogP contribution in [0.2, 0.25) is 0 Å². The predicted octanol–water partition coefficient (Wildman–Crippen LogP) is 0.608. The highest BCUT2D eigenvalue weighted by molar-refractivity contribution is 5.98. The zero-order valence-corrected chi connectivity index (χ0v) is 13.5. The maximum Gasteiger partial charge on any atom is 0.248 e. The van der Waals surface area contributed by atoms with E-state index < -0.39 is 0 Å². The topological polar surface area (TPSA) is 68.2 Å². The van der Waals surface area contributed by atoms with Crippen LogP contribution >= 0.6 is 0 Å². The Morgan fingerprint density at radius 2 is 2.22 bits per heavy atom. The fourth-order valence-corrected chi connectivity index (χ4v) is 3.19. The molecule has 6 heteroatoms. The molecule has 124 valence electrons. The summed E-state index contributed by atoms with van der Waals surface area (Å²) in [4.78, 5) is 20.8. The summed E-state index contributed by atoms with van der Waals surface area (Å²) in [6, 6.07) is 8.03. The Balaban J connectivity index is 1.67.